The summed E-state index contributed by atoms with van der Waals surface area (Å²) < 4.78 is 0. The lowest BCUT2D eigenvalue weighted by Crippen LogP contribution is -1.81. The zero-order valence-electron chi connectivity index (χ0n) is 8.35. The molecule has 0 fully saturated rings. The first-order valence-corrected chi connectivity index (χ1v) is 4.94. The summed E-state index contributed by atoms with van der Waals surface area (Å²) in [5.41, 5.74) is 3.04. The third-order valence-electron chi connectivity index (χ3n) is 2.33. The van der Waals surface area contributed by atoms with Crippen molar-refractivity contribution < 1.29 is 0 Å². The number of rotatable bonds is 1. The Balaban J connectivity index is 2.34. The van der Waals surface area contributed by atoms with E-state index in [1.807, 2.05) is 24.3 Å². The maximum absolute atomic E-state index is 8.69. The van der Waals surface area contributed by atoms with Crippen LogP contribution >= 0.6 is 0 Å². The van der Waals surface area contributed by atoms with Crippen molar-refractivity contribution in [3.8, 4) is 6.07 Å². The second-order valence-corrected chi connectivity index (χ2v) is 3.38. The summed E-state index contributed by atoms with van der Waals surface area (Å²) in [4.78, 5) is 0. The first-order chi connectivity index (χ1) is 7.40. The molecule has 1 aliphatic rings. The molecule has 1 aromatic rings. The summed E-state index contributed by atoms with van der Waals surface area (Å²) in [7, 11) is 0. The Hall–Kier alpha value is -2.07. The van der Waals surface area contributed by atoms with Crippen molar-refractivity contribution in [1.82, 2.24) is 0 Å². The maximum atomic E-state index is 8.69. The van der Waals surface area contributed by atoms with Gasteiger partial charge in [-0.05, 0) is 29.7 Å². The van der Waals surface area contributed by atoms with Crippen molar-refractivity contribution in [3.63, 3.8) is 0 Å². The quantitative estimate of drug-likeness (QED) is 0.670. The first-order valence-electron chi connectivity index (χ1n) is 4.94. The highest BCUT2D eigenvalue weighted by molar-refractivity contribution is 5.75. The van der Waals surface area contributed by atoms with E-state index in [4.69, 9.17) is 5.26 Å². The third kappa shape index (κ3) is 2.24. The van der Waals surface area contributed by atoms with Crippen LogP contribution in [0.25, 0.3) is 5.57 Å². The topological polar surface area (TPSA) is 23.8 Å². The Labute approximate surface area is 89.7 Å². The number of nitriles is 1. The fourth-order valence-electron chi connectivity index (χ4n) is 1.51. The van der Waals surface area contributed by atoms with E-state index in [1.165, 1.54) is 5.57 Å². The Kier molecular flexibility index (Phi) is 2.80. The summed E-state index contributed by atoms with van der Waals surface area (Å²) in [5.74, 6) is 0. The molecule has 0 amide bonds. The number of allylic oxidation sites excluding steroid dienone is 6. The molecule has 0 aliphatic heterocycles. The Bertz CT molecular complexity index is 467. The van der Waals surface area contributed by atoms with E-state index in [0.717, 1.165) is 12.0 Å². The lowest BCUT2D eigenvalue weighted by atomic mass is 10.0. The average molecular weight is 193 g/mol. The van der Waals surface area contributed by atoms with Gasteiger partial charge < -0.3 is 0 Å². The summed E-state index contributed by atoms with van der Waals surface area (Å²) in [6.07, 6.45) is 11.5. The molecule has 0 heterocycles. The van der Waals surface area contributed by atoms with Gasteiger partial charge in [0.15, 0.2) is 0 Å². The number of hydrogen-bond acceptors (Lipinski definition) is 1. The van der Waals surface area contributed by atoms with Crippen LogP contribution in [0.1, 0.15) is 17.5 Å². The summed E-state index contributed by atoms with van der Waals surface area (Å²) in [6.45, 7) is 0. The lowest BCUT2D eigenvalue weighted by molar-refractivity contribution is 1.41. The van der Waals surface area contributed by atoms with Gasteiger partial charge in [0.05, 0.1) is 11.6 Å². The van der Waals surface area contributed by atoms with Crippen LogP contribution in [0.2, 0.25) is 0 Å². The van der Waals surface area contributed by atoms with Gasteiger partial charge in [0, 0.05) is 0 Å². The zero-order chi connectivity index (χ0) is 10.5. The molecule has 0 aromatic heterocycles. The van der Waals surface area contributed by atoms with Crippen LogP contribution in [-0.2, 0) is 0 Å². The van der Waals surface area contributed by atoms with Gasteiger partial charge in [0.25, 0.3) is 0 Å². The van der Waals surface area contributed by atoms with Gasteiger partial charge in [0.1, 0.15) is 0 Å². The highest BCUT2D eigenvalue weighted by Gasteiger charge is 1.98. The Morgan fingerprint density at radius 3 is 2.60 bits per heavy atom. The van der Waals surface area contributed by atoms with E-state index in [1.54, 1.807) is 0 Å². The highest BCUT2D eigenvalue weighted by atomic mass is 14.2. The average Bonchev–Trinajstić information content (AvgIpc) is 2.58. The van der Waals surface area contributed by atoms with E-state index in [9.17, 15) is 0 Å². The minimum Gasteiger partial charge on any atom is -0.192 e. The van der Waals surface area contributed by atoms with Gasteiger partial charge in [-0.25, -0.2) is 0 Å². The molecule has 0 saturated carbocycles. The van der Waals surface area contributed by atoms with Crippen molar-refractivity contribution in [2.45, 2.75) is 6.42 Å². The molecule has 1 aromatic carbocycles. The molecule has 0 unspecified atom stereocenters. The van der Waals surface area contributed by atoms with Gasteiger partial charge in [-0.3, -0.25) is 0 Å². The van der Waals surface area contributed by atoms with Gasteiger partial charge in [-0.2, -0.15) is 5.26 Å². The monoisotopic (exact) mass is 193 g/mol. The van der Waals surface area contributed by atoms with E-state index in [0.29, 0.717) is 5.56 Å². The van der Waals surface area contributed by atoms with E-state index < -0.39 is 0 Å². The molecule has 2 rings (SSSR count). The largest absolute Gasteiger partial charge is 0.192 e. The fourth-order valence-corrected chi connectivity index (χ4v) is 1.51. The molecule has 0 saturated heterocycles. The summed E-state index contributed by atoms with van der Waals surface area (Å²) in [6, 6.07) is 9.77. The molecule has 0 bridgehead atoms. The van der Waals surface area contributed by atoms with Gasteiger partial charge in [-0.1, -0.05) is 42.5 Å². The van der Waals surface area contributed by atoms with E-state index in [-0.39, 0.29) is 0 Å². The van der Waals surface area contributed by atoms with Crippen LogP contribution in [0.3, 0.4) is 0 Å². The van der Waals surface area contributed by atoms with Crippen molar-refractivity contribution >= 4 is 5.57 Å². The van der Waals surface area contributed by atoms with E-state index in [2.05, 4.69) is 36.4 Å². The van der Waals surface area contributed by atoms with Crippen molar-refractivity contribution in [2.24, 2.45) is 0 Å². The van der Waals surface area contributed by atoms with Crippen LogP contribution < -0.4 is 0 Å². The lowest BCUT2D eigenvalue weighted by Gasteiger charge is -2.00. The second kappa shape index (κ2) is 4.43. The van der Waals surface area contributed by atoms with Crippen molar-refractivity contribution in [2.75, 3.05) is 0 Å². The molecule has 72 valence electrons. The normalized spacial score (nSPS) is 14.2. The standard InChI is InChI=1S/C14H11N/c15-11-12-7-9-14(10-8-12)13-5-3-1-2-4-6-13/h1,3-10H,2H2. The fraction of sp³-hybridized carbons (Fsp3) is 0.0714. The Morgan fingerprint density at radius 1 is 1.07 bits per heavy atom. The summed E-state index contributed by atoms with van der Waals surface area (Å²) in [5, 5.41) is 8.69. The zero-order valence-corrected chi connectivity index (χ0v) is 8.35. The molecule has 1 heteroatoms. The molecule has 0 radical (unpaired) electrons. The van der Waals surface area contributed by atoms with Crippen LogP contribution in [0.4, 0.5) is 0 Å². The Morgan fingerprint density at radius 2 is 1.87 bits per heavy atom. The molecule has 0 spiro atoms. The van der Waals surface area contributed by atoms with Gasteiger partial charge in [0.2, 0.25) is 0 Å². The van der Waals surface area contributed by atoms with Crippen LogP contribution in [0, 0.1) is 11.3 Å². The van der Waals surface area contributed by atoms with Gasteiger partial charge in [-0.15, -0.1) is 0 Å². The molecule has 1 nitrogen and oxygen atoms in total. The minimum absolute atomic E-state index is 0.701. The summed E-state index contributed by atoms with van der Waals surface area (Å²) >= 11 is 0. The number of hydrogen-bond donors (Lipinski definition) is 0. The molecular weight excluding hydrogens is 182 g/mol. The molecule has 1 aliphatic carbocycles. The molecule has 15 heavy (non-hydrogen) atoms. The maximum Gasteiger partial charge on any atom is 0.0991 e. The third-order valence-corrected chi connectivity index (χ3v) is 2.33. The van der Waals surface area contributed by atoms with Crippen molar-refractivity contribution in [3.05, 3.63) is 65.8 Å². The van der Waals surface area contributed by atoms with Crippen LogP contribution in [-0.4, -0.2) is 0 Å². The minimum atomic E-state index is 0.701. The van der Waals surface area contributed by atoms with Crippen LogP contribution in [0.15, 0.2) is 54.6 Å². The molecular formula is C14H11N. The van der Waals surface area contributed by atoms with Crippen molar-refractivity contribution in [1.29, 1.82) is 5.26 Å². The first kappa shape index (κ1) is 9.48. The van der Waals surface area contributed by atoms with Crippen LogP contribution in [0.5, 0.6) is 0 Å². The van der Waals surface area contributed by atoms with Gasteiger partial charge >= 0.3 is 0 Å². The second-order valence-electron chi connectivity index (χ2n) is 3.38. The molecule has 0 atom stereocenters. The molecule has 0 N–H and O–H groups in total. The SMILES string of the molecule is N#Cc1ccc(C2=CC=CCC=C2)cc1. The number of benzene rings is 1. The number of nitrogens with zero attached hydrogens (tertiary/aromatic N) is 1. The smallest absolute Gasteiger partial charge is 0.0991 e. The predicted octanol–water partition coefficient (Wildman–Crippen LogP) is 3.46. The highest BCUT2D eigenvalue weighted by Crippen LogP contribution is 2.18. The predicted molar refractivity (Wildman–Crippen MR) is 62.0 cm³/mol. The van der Waals surface area contributed by atoms with E-state index >= 15 is 0 Å².